The number of amides is 2. The normalized spacial score (nSPS) is 14.3. The number of hydrogen-bond acceptors (Lipinski definition) is 3. The van der Waals surface area contributed by atoms with Crippen LogP contribution in [0.25, 0.3) is 0 Å². The van der Waals surface area contributed by atoms with Crippen molar-refractivity contribution in [2.24, 2.45) is 0 Å². The van der Waals surface area contributed by atoms with E-state index in [0.29, 0.717) is 36.9 Å². The number of nitrogens with one attached hydrogen (secondary N) is 1. The van der Waals surface area contributed by atoms with E-state index >= 15 is 0 Å². The molecule has 2 amide bonds. The molecule has 1 fully saturated rings. The van der Waals surface area contributed by atoms with Gasteiger partial charge in [0, 0.05) is 31.9 Å². The van der Waals surface area contributed by atoms with E-state index in [1.165, 1.54) is 5.56 Å². The van der Waals surface area contributed by atoms with Gasteiger partial charge >= 0.3 is 11.8 Å². The van der Waals surface area contributed by atoms with Gasteiger partial charge in [-0.3, -0.25) is 9.59 Å². The van der Waals surface area contributed by atoms with Crippen molar-refractivity contribution in [2.75, 3.05) is 36.4 Å². The summed E-state index contributed by atoms with van der Waals surface area (Å²) in [5, 5.41) is 3.08. The lowest BCUT2D eigenvalue weighted by Gasteiger charge is -2.35. The quantitative estimate of drug-likeness (QED) is 0.795. The predicted molar refractivity (Wildman–Crippen MR) is 105 cm³/mol. The molecule has 5 nitrogen and oxygen atoms in total. The first-order valence-corrected chi connectivity index (χ1v) is 9.07. The van der Waals surface area contributed by atoms with Crippen molar-refractivity contribution in [3.05, 3.63) is 58.1 Å². The largest absolute Gasteiger partial charge is 0.368 e. The SMILES string of the molecule is Cc1cccc(N2CCN(C(=O)C(=O)Nc3cccc(Cl)c3Cl)CC2)c1. The molecule has 1 N–H and O–H groups in total. The van der Waals surface area contributed by atoms with Gasteiger partial charge < -0.3 is 15.1 Å². The summed E-state index contributed by atoms with van der Waals surface area (Å²) >= 11 is 12.0. The monoisotopic (exact) mass is 391 g/mol. The summed E-state index contributed by atoms with van der Waals surface area (Å²) in [4.78, 5) is 28.4. The number of benzene rings is 2. The van der Waals surface area contributed by atoms with E-state index in [1.54, 1.807) is 23.1 Å². The molecular formula is C19H19Cl2N3O2. The Hall–Kier alpha value is -2.24. The number of nitrogens with zero attached hydrogens (tertiary/aromatic N) is 2. The maximum atomic E-state index is 12.4. The Morgan fingerprint density at radius 2 is 1.69 bits per heavy atom. The molecule has 1 saturated heterocycles. The van der Waals surface area contributed by atoms with E-state index < -0.39 is 11.8 Å². The number of hydrogen-bond donors (Lipinski definition) is 1. The smallest absolute Gasteiger partial charge is 0.313 e. The van der Waals surface area contributed by atoms with Gasteiger partial charge in [-0.25, -0.2) is 0 Å². The van der Waals surface area contributed by atoms with Gasteiger partial charge in [0.05, 0.1) is 15.7 Å². The van der Waals surface area contributed by atoms with Crippen LogP contribution in [0.2, 0.25) is 10.0 Å². The van der Waals surface area contributed by atoms with Crippen molar-refractivity contribution in [2.45, 2.75) is 6.92 Å². The minimum atomic E-state index is -0.710. The van der Waals surface area contributed by atoms with Crippen molar-refractivity contribution >= 4 is 46.4 Å². The minimum Gasteiger partial charge on any atom is -0.368 e. The van der Waals surface area contributed by atoms with Crippen LogP contribution in [0.3, 0.4) is 0 Å². The van der Waals surface area contributed by atoms with Gasteiger partial charge in [-0.15, -0.1) is 0 Å². The number of piperazine rings is 1. The molecule has 0 spiro atoms. The average Bonchev–Trinajstić information content (AvgIpc) is 2.65. The van der Waals surface area contributed by atoms with E-state index in [1.807, 2.05) is 6.07 Å². The van der Waals surface area contributed by atoms with E-state index in [2.05, 4.69) is 35.3 Å². The third kappa shape index (κ3) is 4.11. The molecule has 0 aliphatic carbocycles. The Balaban J connectivity index is 1.59. The van der Waals surface area contributed by atoms with E-state index in [9.17, 15) is 9.59 Å². The zero-order valence-corrected chi connectivity index (χ0v) is 15.8. The molecule has 26 heavy (non-hydrogen) atoms. The maximum Gasteiger partial charge on any atom is 0.313 e. The van der Waals surface area contributed by atoms with E-state index in [0.717, 1.165) is 5.69 Å². The van der Waals surface area contributed by atoms with Crippen molar-refractivity contribution in [1.29, 1.82) is 0 Å². The highest BCUT2D eigenvalue weighted by Gasteiger charge is 2.26. The van der Waals surface area contributed by atoms with Crippen LogP contribution in [0, 0.1) is 6.92 Å². The van der Waals surface area contributed by atoms with Gasteiger partial charge in [0.2, 0.25) is 0 Å². The molecule has 1 aliphatic heterocycles. The lowest BCUT2D eigenvalue weighted by Crippen LogP contribution is -2.51. The Kier molecular flexibility index (Phi) is 5.69. The third-order valence-electron chi connectivity index (χ3n) is 4.33. The zero-order valence-electron chi connectivity index (χ0n) is 14.3. The molecule has 0 atom stereocenters. The van der Waals surface area contributed by atoms with Crippen LogP contribution in [0.1, 0.15) is 5.56 Å². The van der Waals surface area contributed by atoms with Crippen molar-refractivity contribution < 1.29 is 9.59 Å². The molecule has 136 valence electrons. The fourth-order valence-electron chi connectivity index (χ4n) is 2.91. The van der Waals surface area contributed by atoms with Crippen LogP contribution < -0.4 is 10.2 Å². The first kappa shape index (κ1) is 18.5. The van der Waals surface area contributed by atoms with Crippen molar-refractivity contribution in [3.8, 4) is 0 Å². The lowest BCUT2D eigenvalue weighted by atomic mass is 10.2. The second-order valence-electron chi connectivity index (χ2n) is 6.17. The highest BCUT2D eigenvalue weighted by Crippen LogP contribution is 2.29. The third-order valence-corrected chi connectivity index (χ3v) is 5.15. The Labute approximate surface area is 162 Å². The molecule has 2 aromatic carbocycles. The molecule has 0 bridgehead atoms. The Bertz CT molecular complexity index is 833. The van der Waals surface area contributed by atoms with Crippen molar-refractivity contribution in [3.63, 3.8) is 0 Å². The number of halogens is 2. The fourth-order valence-corrected chi connectivity index (χ4v) is 3.26. The first-order valence-electron chi connectivity index (χ1n) is 8.31. The summed E-state index contributed by atoms with van der Waals surface area (Å²) in [6.45, 7) is 4.39. The summed E-state index contributed by atoms with van der Waals surface area (Å²) in [7, 11) is 0. The summed E-state index contributed by atoms with van der Waals surface area (Å²) in [5.74, 6) is -1.27. The predicted octanol–water partition coefficient (Wildman–Crippen LogP) is 3.59. The highest BCUT2D eigenvalue weighted by molar-refractivity contribution is 6.45. The summed E-state index contributed by atoms with van der Waals surface area (Å²) in [6, 6.07) is 13.1. The average molecular weight is 392 g/mol. The van der Waals surface area contributed by atoms with Crippen molar-refractivity contribution in [1.82, 2.24) is 4.90 Å². The van der Waals surface area contributed by atoms with Gasteiger partial charge in [0.25, 0.3) is 0 Å². The molecule has 2 aromatic rings. The summed E-state index contributed by atoms with van der Waals surface area (Å²) < 4.78 is 0. The standard InChI is InChI=1S/C19H19Cl2N3O2/c1-13-4-2-5-14(12-13)23-8-10-24(11-9-23)19(26)18(25)22-16-7-3-6-15(20)17(16)21/h2-7,12H,8-11H2,1H3,(H,22,25). The summed E-state index contributed by atoms with van der Waals surface area (Å²) in [6.07, 6.45) is 0. The van der Waals surface area contributed by atoms with Crippen LogP contribution in [-0.4, -0.2) is 42.9 Å². The number of carbonyl (C=O) groups is 2. The molecular weight excluding hydrogens is 373 g/mol. The molecule has 1 aliphatic rings. The second-order valence-corrected chi connectivity index (χ2v) is 6.96. The first-order chi connectivity index (χ1) is 12.5. The van der Waals surface area contributed by atoms with Crippen LogP contribution in [-0.2, 0) is 9.59 Å². The number of anilines is 2. The Morgan fingerprint density at radius 3 is 2.38 bits per heavy atom. The van der Waals surface area contributed by atoms with Crippen LogP contribution in [0.15, 0.2) is 42.5 Å². The summed E-state index contributed by atoms with van der Waals surface area (Å²) in [5.41, 5.74) is 2.65. The highest BCUT2D eigenvalue weighted by atomic mass is 35.5. The molecule has 0 saturated carbocycles. The Morgan fingerprint density at radius 1 is 1.00 bits per heavy atom. The van der Waals surface area contributed by atoms with Gasteiger partial charge in [-0.05, 0) is 36.8 Å². The molecule has 3 rings (SSSR count). The molecule has 0 unspecified atom stereocenters. The van der Waals surface area contributed by atoms with E-state index in [-0.39, 0.29) is 5.02 Å². The topological polar surface area (TPSA) is 52.7 Å². The van der Waals surface area contributed by atoms with Crippen LogP contribution >= 0.6 is 23.2 Å². The molecule has 0 radical (unpaired) electrons. The number of aryl methyl sites for hydroxylation is 1. The van der Waals surface area contributed by atoms with Gasteiger partial charge in [0.1, 0.15) is 0 Å². The maximum absolute atomic E-state index is 12.4. The van der Waals surface area contributed by atoms with Crippen LogP contribution in [0.4, 0.5) is 11.4 Å². The van der Waals surface area contributed by atoms with Crippen LogP contribution in [0.5, 0.6) is 0 Å². The molecule has 7 heteroatoms. The zero-order chi connectivity index (χ0) is 18.7. The second kappa shape index (κ2) is 7.98. The lowest BCUT2D eigenvalue weighted by molar-refractivity contribution is -0.143. The molecule has 1 heterocycles. The van der Waals surface area contributed by atoms with Gasteiger partial charge in [-0.1, -0.05) is 41.4 Å². The van der Waals surface area contributed by atoms with Gasteiger partial charge in [-0.2, -0.15) is 0 Å². The minimum absolute atomic E-state index is 0.222. The molecule has 0 aromatic heterocycles. The number of rotatable bonds is 2. The van der Waals surface area contributed by atoms with E-state index in [4.69, 9.17) is 23.2 Å². The number of carbonyl (C=O) groups excluding carboxylic acids is 2. The fraction of sp³-hybridized carbons (Fsp3) is 0.263. The van der Waals surface area contributed by atoms with Gasteiger partial charge in [0.15, 0.2) is 0 Å².